The lowest BCUT2D eigenvalue weighted by Crippen LogP contribution is -2.40. The summed E-state index contributed by atoms with van der Waals surface area (Å²) in [5.41, 5.74) is 1.73. The Labute approximate surface area is 134 Å². The first-order valence-corrected chi connectivity index (χ1v) is 8.21. The van der Waals surface area contributed by atoms with Crippen LogP contribution in [0.2, 0.25) is 0 Å². The lowest BCUT2D eigenvalue weighted by molar-refractivity contribution is -0.274. The third-order valence-electron chi connectivity index (χ3n) is 4.63. The average Bonchev–Trinajstić information content (AvgIpc) is 3.31. The van der Waals surface area contributed by atoms with Crippen LogP contribution in [0.5, 0.6) is 5.75 Å². The number of hydrogen-bond donors (Lipinski definition) is 1. The maximum Gasteiger partial charge on any atom is 0.573 e. The topological polar surface area (TPSA) is 24.5 Å². The van der Waals surface area contributed by atoms with Crippen LogP contribution in [0.25, 0.3) is 0 Å². The zero-order valence-corrected chi connectivity index (χ0v) is 13.3. The van der Waals surface area contributed by atoms with Crippen LogP contribution < -0.4 is 10.1 Å². The number of halogens is 3. The molecule has 1 saturated heterocycles. The fourth-order valence-electron chi connectivity index (χ4n) is 3.11. The van der Waals surface area contributed by atoms with Crippen molar-refractivity contribution in [1.29, 1.82) is 0 Å². The molecule has 2 aliphatic rings. The number of nitrogens with one attached hydrogen (secondary N) is 1. The average molecular weight is 328 g/mol. The number of ether oxygens (including phenoxy) is 1. The van der Waals surface area contributed by atoms with Gasteiger partial charge in [-0.25, -0.2) is 0 Å². The molecule has 2 fully saturated rings. The van der Waals surface area contributed by atoms with Crippen molar-refractivity contribution in [3.63, 3.8) is 0 Å². The third-order valence-corrected chi connectivity index (χ3v) is 4.63. The van der Waals surface area contributed by atoms with E-state index in [4.69, 9.17) is 0 Å². The Morgan fingerprint density at radius 3 is 2.48 bits per heavy atom. The second-order valence-corrected chi connectivity index (χ2v) is 6.65. The molecule has 1 aromatic rings. The van der Waals surface area contributed by atoms with Gasteiger partial charge in [-0.15, -0.1) is 13.2 Å². The van der Waals surface area contributed by atoms with Crippen LogP contribution in [0, 0.1) is 0 Å². The van der Waals surface area contributed by atoms with Crippen molar-refractivity contribution in [1.82, 2.24) is 10.2 Å². The monoisotopic (exact) mass is 328 g/mol. The highest BCUT2D eigenvalue weighted by molar-refractivity contribution is 5.42. The number of hydrogen-bond acceptors (Lipinski definition) is 3. The number of nitrogens with zero attached hydrogens (tertiary/aromatic N) is 1. The van der Waals surface area contributed by atoms with E-state index >= 15 is 0 Å². The van der Waals surface area contributed by atoms with Gasteiger partial charge in [-0.05, 0) is 68.9 Å². The van der Waals surface area contributed by atoms with Gasteiger partial charge in [0.2, 0.25) is 0 Å². The number of likely N-dealkylation sites (tertiary alicyclic amines) is 1. The molecule has 0 atom stereocenters. The molecule has 1 aromatic carbocycles. The van der Waals surface area contributed by atoms with E-state index < -0.39 is 6.36 Å². The van der Waals surface area contributed by atoms with Gasteiger partial charge in [-0.1, -0.05) is 12.1 Å². The quantitative estimate of drug-likeness (QED) is 0.893. The molecule has 0 unspecified atom stereocenters. The minimum Gasteiger partial charge on any atom is -0.405 e. The van der Waals surface area contributed by atoms with E-state index in [1.165, 1.54) is 6.07 Å². The fraction of sp³-hybridized carbons (Fsp3) is 0.647. The summed E-state index contributed by atoms with van der Waals surface area (Å²) in [5.74, 6) is 0.179. The van der Waals surface area contributed by atoms with Gasteiger partial charge in [-0.3, -0.25) is 0 Å². The number of benzene rings is 1. The molecule has 1 aliphatic heterocycles. The Morgan fingerprint density at radius 2 is 1.87 bits per heavy atom. The van der Waals surface area contributed by atoms with Crippen LogP contribution in [-0.2, 0) is 6.54 Å². The molecule has 1 saturated carbocycles. The van der Waals surface area contributed by atoms with Crippen LogP contribution in [0.1, 0.15) is 42.7 Å². The lowest BCUT2D eigenvalue weighted by Gasteiger charge is -2.29. The van der Waals surface area contributed by atoms with E-state index in [2.05, 4.69) is 22.0 Å². The minimum absolute atomic E-state index is 0.0389. The molecule has 0 spiro atoms. The smallest absolute Gasteiger partial charge is 0.405 e. The van der Waals surface area contributed by atoms with E-state index in [-0.39, 0.29) is 11.7 Å². The highest BCUT2D eigenvalue weighted by Crippen LogP contribution is 2.45. The molecule has 128 valence electrons. The normalized spacial score (nSPS) is 20.7. The number of rotatable bonds is 5. The molecule has 3 nitrogen and oxygen atoms in total. The minimum atomic E-state index is -4.63. The van der Waals surface area contributed by atoms with E-state index in [0.717, 1.165) is 44.3 Å². The molecule has 1 N–H and O–H groups in total. The highest BCUT2D eigenvalue weighted by Gasteiger charge is 2.35. The van der Waals surface area contributed by atoms with Crippen LogP contribution in [0.4, 0.5) is 13.2 Å². The Hall–Kier alpha value is -1.27. The molecule has 1 heterocycles. The van der Waals surface area contributed by atoms with Crippen LogP contribution in [0.3, 0.4) is 0 Å². The van der Waals surface area contributed by atoms with Crippen molar-refractivity contribution < 1.29 is 17.9 Å². The van der Waals surface area contributed by atoms with Crippen molar-refractivity contribution in [3.05, 3.63) is 29.3 Å². The van der Waals surface area contributed by atoms with Gasteiger partial charge in [-0.2, -0.15) is 0 Å². The number of alkyl halides is 3. The van der Waals surface area contributed by atoms with Gasteiger partial charge < -0.3 is 15.0 Å². The summed E-state index contributed by atoms with van der Waals surface area (Å²) in [7, 11) is 2.12. The van der Waals surface area contributed by atoms with Crippen molar-refractivity contribution in [2.24, 2.45) is 0 Å². The zero-order chi connectivity index (χ0) is 16.4. The standard InChI is InChI=1S/C17H23F3N2O/c1-22-8-6-14(7-9-22)21-11-12-2-5-16(23-17(18,19)20)15(10-12)13-3-4-13/h2,5,10,13-14,21H,3-4,6-9,11H2,1H3. The molecule has 0 amide bonds. The van der Waals surface area contributed by atoms with Crippen LogP contribution in [0.15, 0.2) is 18.2 Å². The van der Waals surface area contributed by atoms with E-state index in [9.17, 15) is 13.2 Å². The molecule has 0 bridgehead atoms. The Kier molecular flexibility index (Phi) is 4.82. The van der Waals surface area contributed by atoms with Crippen molar-refractivity contribution in [3.8, 4) is 5.75 Å². The number of piperidine rings is 1. The van der Waals surface area contributed by atoms with Crippen molar-refractivity contribution in [2.45, 2.75) is 50.6 Å². The van der Waals surface area contributed by atoms with Gasteiger partial charge in [0.15, 0.2) is 0 Å². The summed E-state index contributed by atoms with van der Waals surface area (Å²) >= 11 is 0. The van der Waals surface area contributed by atoms with Gasteiger partial charge in [0.25, 0.3) is 0 Å². The second kappa shape index (κ2) is 6.69. The van der Waals surface area contributed by atoms with Gasteiger partial charge in [0, 0.05) is 12.6 Å². The SMILES string of the molecule is CN1CCC(NCc2ccc(OC(F)(F)F)c(C3CC3)c2)CC1. The maximum absolute atomic E-state index is 12.5. The molecular formula is C17H23F3N2O. The first kappa shape index (κ1) is 16.6. The lowest BCUT2D eigenvalue weighted by atomic mass is 10.0. The van der Waals surface area contributed by atoms with Gasteiger partial charge in [0.05, 0.1) is 0 Å². The van der Waals surface area contributed by atoms with Gasteiger partial charge in [0.1, 0.15) is 5.75 Å². The van der Waals surface area contributed by atoms with Crippen molar-refractivity contribution >= 4 is 0 Å². The highest BCUT2D eigenvalue weighted by atomic mass is 19.4. The van der Waals surface area contributed by atoms with E-state index in [1.54, 1.807) is 6.07 Å². The molecule has 6 heteroatoms. The molecule has 23 heavy (non-hydrogen) atoms. The first-order valence-electron chi connectivity index (χ1n) is 8.21. The Balaban J connectivity index is 1.63. The molecule has 0 radical (unpaired) electrons. The van der Waals surface area contributed by atoms with E-state index in [1.807, 2.05) is 6.07 Å². The zero-order valence-electron chi connectivity index (χ0n) is 13.3. The summed E-state index contributed by atoms with van der Waals surface area (Å²) in [4.78, 5) is 2.31. The predicted octanol–water partition coefficient (Wildman–Crippen LogP) is 3.65. The second-order valence-electron chi connectivity index (χ2n) is 6.65. The Morgan fingerprint density at radius 1 is 1.17 bits per heavy atom. The summed E-state index contributed by atoms with van der Waals surface area (Å²) in [6.07, 6.45) is -0.514. The van der Waals surface area contributed by atoms with Crippen LogP contribution in [-0.4, -0.2) is 37.4 Å². The summed E-state index contributed by atoms with van der Waals surface area (Å²) < 4.78 is 41.6. The molecule has 1 aliphatic carbocycles. The largest absolute Gasteiger partial charge is 0.573 e. The third kappa shape index (κ3) is 4.85. The summed E-state index contributed by atoms with van der Waals surface area (Å²) in [6.45, 7) is 2.87. The predicted molar refractivity (Wildman–Crippen MR) is 82.5 cm³/mol. The molecule has 3 rings (SSSR count). The first-order chi connectivity index (χ1) is 10.9. The van der Waals surface area contributed by atoms with E-state index in [0.29, 0.717) is 18.2 Å². The van der Waals surface area contributed by atoms with Crippen LogP contribution >= 0.6 is 0 Å². The molecule has 0 aromatic heterocycles. The molecular weight excluding hydrogens is 305 g/mol. The Bertz CT molecular complexity index is 535. The van der Waals surface area contributed by atoms with Gasteiger partial charge >= 0.3 is 6.36 Å². The van der Waals surface area contributed by atoms with Crippen molar-refractivity contribution in [2.75, 3.05) is 20.1 Å². The maximum atomic E-state index is 12.5. The fourth-order valence-corrected chi connectivity index (χ4v) is 3.11. The summed E-state index contributed by atoms with van der Waals surface area (Å²) in [5, 5.41) is 3.52. The summed E-state index contributed by atoms with van der Waals surface area (Å²) in [6, 6.07) is 5.56.